The van der Waals surface area contributed by atoms with E-state index in [1.807, 2.05) is 0 Å². The Morgan fingerprint density at radius 1 is 1.22 bits per heavy atom. The van der Waals surface area contributed by atoms with Crippen molar-refractivity contribution >= 4 is 12.0 Å². The summed E-state index contributed by atoms with van der Waals surface area (Å²) in [7, 11) is 0. The summed E-state index contributed by atoms with van der Waals surface area (Å²) >= 11 is 0. The van der Waals surface area contributed by atoms with Gasteiger partial charge in [0.15, 0.2) is 0 Å². The van der Waals surface area contributed by atoms with Crippen molar-refractivity contribution in [2.45, 2.75) is 45.7 Å². The highest BCUT2D eigenvalue weighted by Gasteiger charge is 2.26. The van der Waals surface area contributed by atoms with Crippen molar-refractivity contribution < 1.29 is 14.3 Å². The van der Waals surface area contributed by atoms with Crippen molar-refractivity contribution in [2.75, 3.05) is 32.8 Å². The Balaban J connectivity index is 1.46. The van der Waals surface area contributed by atoms with Crippen LogP contribution in [0.15, 0.2) is 24.3 Å². The van der Waals surface area contributed by atoms with Gasteiger partial charge < -0.3 is 10.1 Å². The minimum Gasteiger partial charge on any atom is -0.448 e. The molecule has 2 aliphatic heterocycles. The molecule has 0 bridgehead atoms. The summed E-state index contributed by atoms with van der Waals surface area (Å²) in [5, 5.41) is 3.08. The molecule has 2 saturated heterocycles. The quantitative estimate of drug-likeness (QED) is 0.797. The second-order valence-electron chi connectivity index (χ2n) is 8.09. The number of benzene rings is 1. The number of amides is 2. The molecular formula is C21H31N3O3. The van der Waals surface area contributed by atoms with Crippen LogP contribution in [0.3, 0.4) is 0 Å². The van der Waals surface area contributed by atoms with Gasteiger partial charge in [0.1, 0.15) is 13.2 Å². The van der Waals surface area contributed by atoms with Gasteiger partial charge >= 0.3 is 6.09 Å². The largest absolute Gasteiger partial charge is 0.448 e. The number of hydrogen-bond donors (Lipinski definition) is 1. The Kier molecular flexibility index (Phi) is 6.72. The fourth-order valence-electron chi connectivity index (χ4n) is 3.84. The molecule has 6 heteroatoms. The van der Waals surface area contributed by atoms with E-state index in [2.05, 4.69) is 48.3 Å². The maximum atomic E-state index is 12.2. The summed E-state index contributed by atoms with van der Waals surface area (Å²) in [6.45, 7) is 8.25. The molecule has 2 heterocycles. The molecule has 1 aromatic carbocycles. The maximum Gasteiger partial charge on any atom is 0.410 e. The number of ether oxygens (including phenoxy) is 1. The van der Waals surface area contributed by atoms with Crippen LogP contribution in [0.4, 0.5) is 4.79 Å². The minimum atomic E-state index is -0.392. The molecule has 1 atom stereocenters. The van der Waals surface area contributed by atoms with Gasteiger partial charge in [0.05, 0.1) is 6.54 Å². The smallest absolute Gasteiger partial charge is 0.410 e. The second kappa shape index (κ2) is 9.22. The molecule has 0 radical (unpaired) electrons. The minimum absolute atomic E-state index is 0.0899. The zero-order valence-corrected chi connectivity index (χ0v) is 16.4. The van der Waals surface area contributed by atoms with Crippen molar-refractivity contribution in [1.29, 1.82) is 0 Å². The van der Waals surface area contributed by atoms with Gasteiger partial charge in [-0.3, -0.25) is 14.6 Å². The highest BCUT2D eigenvalue weighted by molar-refractivity contribution is 5.83. The van der Waals surface area contributed by atoms with Crippen molar-refractivity contribution in [3.63, 3.8) is 0 Å². The van der Waals surface area contributed by atoms with E-state index in [4.69, 9.17) is 4.74 Å². The van der Waals surface area contributed by atoms with E-state index in [0.717, 1.165) is 38.9 Å². The molecule has 2 amide bonds. The summed E-state index contributed by atoms with van der Waals surface area (Å²) in [6.07, 6.45) is 2.78. The lowest BCUT2D eigenvalue weighted by Crippen LogP contribution is -2.49. The number of likely N-dealkylation sites (tertiary alicyclic amines) is 1. The first-order valence-electron chi connectivity index (χ1n) is 10.0. The van der Waals surface area contributed by atoms with Gasteiger partial charge in [-0.2, -0.15) is 0 Å². The first-order valence-corrected chi connectivity index (χ1v) is 10.0. The summed E-state index contributed by atoms with van der Waals surface area (Å²) in [4.78, 5) is 27.5. The second-order valence-corrected chi connectivity index (χ2v) is 8.09. The molecule has 0 unspecified atom stereocenters. The molecule has 6 nitrogen and oxygen atoms in total. The monoisotopic (exact) mass is 373 g/mol. The molecule has 0 saturated carbocycles. The van der Waals surface area contributed by atoms with E-state index in [-0.39, 0.29) is 18.5 Å². The first kappa shape index (κ1) is 19.7. The normalized spacial score (nSPS) is 20.8. The lowest BCUT2D eigenvalue weighted by molar-refractivity contribution is -0.122. The van der Waals surface area contributed by atoms with Gasteiger partial charge in [-0.05, 0) is 42.9 Å². The van der Waals surface area contributed by atoms with Crippen molar-refractivity contribution in [3.05, 3.63) is 35.4 Å². The summed E-state index contributed by atoms with van der Waals surface area (Å²) in [6, 6.07) is 9.05. The van der Waals surface area contributed by atoms with E-state index in [1.54, 1.807) is 0 Å². The van der Waals surface area contributed by atoms with Crippen LogP contribution < -0.4 is 5.32 Å². The van der Waals surface area contributed by atoms with E-state index < -0.39 is 6.09 Å². The van der Waals surface area contributed by atoms with Crippen LogP contribution in [0.25, 0.3) is 0 Å². The van der Waals surface area contributed by atoms with Crippen molar-refractivity contribution in [1.82, 2.24) is 15.1 Å². The predicted octanol–water partition coefficient (Wildman–Crippen LogP) is 2.42. The van der Waals surface area contributed by atoms with Crippen LogP contribution in [0.1, 0.15) is 37.8 Å². The van der Waals surface area contributed by atoms with Crippen molar-refractivity contribution in [3.8, 4) is 0 Å². The fraction of sp³-hybridized carbons (Fsp3) is 0.619. The number of nitrogens with zero attached hydrogens (tertiary/aromatic N) is 2. The molecule has 2 fully saturated rings. The average Bonchev–Trinajstić information content (AvgIpc) is 3.01. The van der Waals surface area contributed by atoms with Crippen LogP contribution >= 0.6 is 0 Å². The third-order valence-electron chi connectivity index (χ3n) is 5.12. The SMILES string of the molecule is CC(C)Cc1ccc(CN2CCC[C@H](NC(=O)CN3CCOC3=O)C2)cc1. The molecule has 1 aromatic rings. The summed E-state index contributed by atoms with van der Waals surface area (Å²) < 4.78 is 4.87. The number of hydrogen-bond acceptors (Lipinski definition) is 4. The molecule has 148 valence electrons. The topological polar surface area (TPSA) is 61.9 Å². The highest BCUT2D eigenvalue weighted by Crippen LogP contribution is 2.16. The van der Waals surface area contributed by atoms with E-state index >= 15 is 0 Å². The number of carbonyl (C=O) groups is 2. The van der Waals surface area contributed by atoms with Crippen LogP contribution in [0.2, 0.25) is 0 Å². The number of carbonyl (C=O) groups excluding carboxylic acids is 2. The average molecular weight is 373 g/mol. The van der Waals surface area contributed by atoms with Gasteiger partial charge in [0.25, 0.3) is 0 Å². The maximum absolute atomic E-state index is 12.2. The van der Waals surface area contributed by atoms with Crippen LogP contribution in [-0.2, 0) is 22.5 Å². The number of rotatable bonds is 7. The van der Waals surface area contributed by atoms with E-state index in [1.165, 1.54) is 16.0 Å². The third-order valence-corrected chi connectivity index (χ3v) is 5.12. The zero-order chi connectivity index (χ0) is 19.2. The van der Waals surface area contributed by atoms with Gasteiger partial charge in [0.2, 0.25) is 5.91 Å². The predicted molar refractivity (Wildman–Crippen MR) is 104 cm³/mol. The Morgan fingerprint density at radius 2 is 1.96 bits per heavy atom. The van der Waals surface area contributed by atoms with Crippen LogP contribution in [0, 0.1) is 5.92 Å². The van der Waals surface area contributed by atoms with Gasteiger partial charge in [0, 0.05) is 19.1 Å². The first-order chi connectivity index (χ1) is 13.0. The molecule has 0 spiro atoms. The third kappa shape index (κ3) is 5.96. The highest BCUT2D eigenvalue weighted by atomic mass is 16.6. The molecule has 1 N–H and O–H groups in total. The standard InChI is InChI=1S/C21H31N3O3/c1-16(2)12-17-5-7-18(8-6-17)13-23-9-3-4-19(14-23)22-20(25)15-24-10-11-27-21(24)26/h5-8,16,19H,3-4,9-15H2,1-2H3,(H,22,25)/t19-/m0/s1. The number of cyclic esters (lactones) is 1. The lowest BCUT2D eigenvalue weighted by Gasteiger charge is -2.33. The van der Waals surface area contributed by atoms with Gasteiger partial charge in [-0.25, -0.2) is 4.79 Å². The molecule has 2 aliphatic rings. The molecule has 27 heavy (non-hydrogen) atoms. The van der Waals surface area contributed by atoms with Crippen molar-refractivity contribution in [2.24, 2.45) is 5.92 Å². The Bertz CT molecular complexity index is 645. The molecule has 0 aliphatic carbocycles. The van der Waals surface area contributed by atoms with Crippen LogP contribution in [0.5, 0.6) is 0 Å². The Labute approximate surface area is 161 Å². The molecular weight excluding hydrogens is 342 g/mol. The van der Waals surface area contributed by atoms with Gasteiger partial charge in [-0.1, -0.05) is 38.1 Å². The van der Waals surface area contributed by atoms with E-state index in [9.17, 15) is 9.59 Å². The molecule has 3 rings (SSSR count). The zero-order valence-electron chi connectivity index (χ0n) is 16.4. The van der Waals surface area contributed by atoms with Gasteiger partial charge in [-0.15, -0.1) is 0 Å². The summed E-state index contributed by atoms with van der Waals surface area (Å²) in [5.74, 6) is 0.573. The lowest BCUT2D eigenvalue weighted by atomic mass is 10.0. The summed E-state index contributed by atoms with van der Waals surface area (Å²) in [5.41, 5.74) is 2.70. The number of piperidine rings is 1. The molecule has 0 aromatic heterocycles. The Hall–Kier alpha value is -2.08. The van der Waals surface area contributed by atoms with Crippen LogP contribution in [-0.4, -0.2) is 60.6 Å². The van der Waals surface area contributed by atoms with E-state index in [0.29, 0.717) is 19.1 Å². The number of nitrogens with one attached hydrogen (secondary N) is 1. The Morgan fingerprint density at radius 3 is 2.63 bits per heavy atom. The fourth-order valence-corrected chi connectivity index (χ4v) is 3.84.